The minimum atomic E-state index is -4.13. The third kappa shape index (κ3) is 5.34. The molecule has 0 fully saturated rings. The summed E-state index contributed by atoms with van der Waals surface area (Å²) in [7, 11) is -2.92. The maximum absolute atomic E-state index is 12.9. The van der Waals surface area contributed by atoms with Crippen LogP contribution >= 0.6 is 15.9 Å². The van der Waals surface area contributed by atoms with Gasteiger partial charge in [0.2, 0.25) is 10.0 Å². The first kappa shape index (κ1) is 21.0. The average molecular weight is 457 g/mol. The lowest BCUT2D eigenvalue weighted by Gasteiger charge is -2.19. The first-order valence-corrected chi connectivity index (χ1v) is 10.0. The molecule has 0 spiro atoms. The third-order valence-electron chi connectivity index (χ3n) is 3.84. The highest BCUT2D eigenvalue weighted by Crippen LogP contribution is 2.26. The number of benzene rings is 2. The van der Waals surface area contributed by atoms with Gasteiger partial charge < -0.3 is 4.74 Å². The number of halogens is 1. The van der Waals surface area contributed by atoms with Gasteiger partial charge in [-0.3, -0.25) is 14.9 Å². The Balaban J connectivity index is 2.43. The number of carbonyl (C=O) groups is 1. The fourth-order valence-electron chi connectivity index (χ4n) is 2.42. The molecule has 1 unspecified atom stereocenters. The van der Waals surface area contributed by atoms with E-state index in [-0.39, 0.29) is 17.0 Å². The van der Waals surface area contributed by atoms with Crippen LogP contribution in [-0.4, -0.2) is 26.4 Å². The zero-order chi connectivity index (χ0) is 20.2. The lowest BCUT2D eigenvalue weighted by atomic mass is 10.1. The Morgan fingerprint density at radius 1 is 1.26 bits per heavy atom. The van der Waals surface area contributed by atoms with Crippen molar-refractivity contribution in [1.82, 2.24) is 4.72 Å². The molecule has 0 aliphatic carbocycles. The highest BCUT2D eigenvalue weighted by atomic mass is 79.9. The van der Waals surface area contributed by atoms with Crippen molar-refractivity contribution in [3.63, 3.8) is 0 Å². The monoisotopic (exact) mass is 456 g/mol. The lowest BCUT2D eigenvalue weighted by molar-refractivity contribution is -0.385. The molecule has 1 atom stereocenters. The van der Waals surface area contributed by atoms with Gasteiger partial charge in [0.1, 0.15) is 0 Å². The number of esters is 1. The Morgan fingerprint density at radius 2 is 1.89 bits per heavy atom. The zero-order valence-electron chi connectivity index (χ0n) is 14.5. The smallest absolute Gasteiger partial charge is 0.307 e. The van der Waals surface area contributed by atoms with Crippen molar-refractivity contribution in [2.45, 2.75) is 24.3 Å². The van der Waals surface area contributed by atoms with Crippen LogP contribution in [0, 0.1) is 17.0 Å². The van der Waals surface area contributed by atoms with Crippen LogP contribution in [0.5, 0.6) is 0 Å². The highest BCUT2D eigenvalue weighted by Gasteiger charge is 2.26. The predicted octanol–water partition coefficient (Wildman–Crippen LogP) is 3.25. The summed E-state index contributed by atoms with van der Waals surface area (Å²) in [5, 5.41) is 11.0. The Hall–Kier alpha value is -2.30. The Kier molecular flexibility index (Phi) is 6.68. The normalized spacial score (nSPS) is 12.4. The lowest BCUT2D eigenvalue weighted by Crippen LogP contribution is -2.31. The second kappa shape index (κ2) is 8.59. The summed E-state index contributed by atoms with van der Waals surface area (Å²) in [6, 6.07) is 9.46. The number of nitro benzene ring substituents is 1. The summed E-state index contributed by atoms with van der Waals surface area (Å²) in [6.07, 6.45) is -0.231. The number of methoxy groups -OCH3 is 1. The Morgan fingerprint density at radius 3 is 2.44 bits per heavy atom. The summed E-state index contributed by atoms with van der Waals surface area (Å²) in [5.41, 5.74) is 0.560. The van der Waals surface area contributed by atoms with Crippen molar-refractivity contribution in [2.75, 3.05) is 7.11 Å². The van der Waals surface area contributed by atoms with Crippen molar-refractivity contribution in [3.05, 3.63) is 68.2 Å². The molecule has 0 aliphatic heterocycles. The van der Waals surface area contributed by atoms with Gasteiger partial charge in [0, 0.05) is 16.6 Å². The van der Waals surface area contributed by atoms with Crippen molar-refractivity contribution < 1.29 is 22.9 Å². The van der Waals surface area contributed by atoms with E-state index in [2.05, 4.69) is 25.4 Å². The SMILES string of the molecule is COC(=O)CC(NS(=O)(=O)c1cc([N+](=O)[O-])ccc1C)c1ccc(Br)cc1. The number of aryl methyl sites for hydroxylation is 1. The average Bonchev–Trinajstić information content (AvgIpc) is 2.61. The second-order valence-electron chi connectivity index (χ2n) is 5.71. The molecule has 2 aromatic carbocycles. The summed E-state index contributed by atoms with van der Waals surface area (Å²) >= 11 is 3.29. The van der Waals surface area contributed by atoms with Crippen LogP contribution in [0.3, 0.4) is 0 Å². The summed E-state index contributed by atoms with van der Waals surface area (Å²) in [6.45, 7) is 1.53. The van der Waals surface area contributed by atoms with E-state index in [0.29, 0.717) is 11.1 Å². The Bertz CT molecular complexity index is 960. The van der Waals surface area contributed by atoms with E-state index < -0.39 is 27.0 Å². The van der Waals surface area contributed by atoms with E-state index >= 15 is 0 Å². The van der Waals surface area contributed by atoms with E-state index in [1.807, 2.05) is 0 Å². The van der Waals surface area contributed by atoms with Gasteiger partial charge in [0.15, 0.2) is 0 Å². The van der Waals surface area contributed by atoms with Crippen molar-refractivity contribution >= 4 is 37.6 Å². The van der Waals surface area contributed by atoms with Crippen LogP contribution in [0.1, 0.15) is 23.6 Å². The van der Waals surface area contributed by atoms with Crippen LogP contribution in [0.2, 0.25) is 0 Å². The predicted molar refractivity (Wildman–Crippen MR) is 102 cm³/mol. The minimum absolute atomic E-state index is 0.219. The third-order valence-corrected chi connectivity index (χ3v) is 5.98. The molecule has 0 aromatic heterocycles. The van der Waals surface area contributed by atoms with Gasteiger partial charge in [-0.05, 0) is 30.2 Å². The molecule has 0 heterocycles. The summed E-state index contributed by atoms with van der Waals surface area (Å²) in [5.74, 6) is -0.596. The molecule has 0 bridgehead atoms. The maximum Gasteiger partial charge on any atom is 0.307 e. The Labute approximate surface area is 164 Å². The summed E-state index contributed by atoms with van der Waals surface area (Å²) < 4.78 is 33.6. The molecule has 27 heavy (non-hydrogen) atoms. The number of hydrogen-bond acceptors (Lipinski definition) is 6. The number of ether oxygens (including phenoxy) is 1. The molecule has 0 amide bonds. The molecule has 2 rings (SSSR count). The maximum atomic E-state index is 12.9. The molecule has 2 aromatic rings. The molecule has 10 heteroatoms. The molecule has 8 nitrogen and oxygen atoms in total. The molecule has 0 saturated carbocycles. The van der Waals surface area contributed by atoms with E-state index in [1.54, 1.807) is 24.3 Å². The molecular formula is C17H17BrN2O6S. The van der Waals surface area contributed by atoms with Crippen LogP contribution in [0.15, 0.2) is 51.8 Å². The minimum Gasteiger partial charge on any atom is -0.469 e. The quantitative estimate of drug-likeness (QED) is 0.388. The van der Waals surface area contributed by atoms with Crippen molar-refractivity contribution in [3.8, 4) is 0 Å². The molecule has 0 saturated heterocycles. The van der Waals surface area contributed by atoms with Gasteiger partial charge in [0.25, 0.3) is 5.69 Å². The van der Waals surface area contributed by atoms with Gasteiger partial charge in [-0.15, -0.1) is 0 Å². The van der Waals surface area contributed by atoms with Gasteiger partial charge in [0.05, 0.1) is 29.4 Å². The number of rotatable bonds is 7. The van der Waals surface area contributed by atoms with E-state index in [1.165, 1.54) is 26.2 Å². The number of non-ortho nitro benzene ring substituents is 1. The van der Waals surface area contributed by atoms with Crippen LogP contribution < -0.4 is 4.72 Å². The standard InChI is InChI=1S/C17H17BrN2O6S/c1-11-3-8-14(20(22)23)9-16(11)27(24,25)19-15(10-17(21)26-2)12-4-6-13(18)7-5-12/h3-9,15,19H,10H2,1-2H3. The van der Waals surface area contributed by atoms with Crippen molar-refractivity contribution in [2.24, 2.45) is 0 Å². The fraction of sp³-hybridized carbons (Fsp3) is 0.235. The topological polar surface area (TPSA) is 116 Å². The van der Waals surface area contributed by atoms with Crippen LogP contribution in [-0.2, 0) is 19.6 Å². The van der Waals surface area contributed by atoms with E-state index in [4.69, 9.17) is 0 Å². The summed E-state index contributed by atoms with van der Waals surface area (Å²) in [4.78, 5) is 21.8. The first-order valence-electron chi connectivity index (χ1n) is 7.73. The molecule has 1 N–H and O–H groups in total. The van der Waals surface area contributed by atoms with Crippen LogP contribution in [0.25, 0.3) is 0 Å². The number of nitrogens with zero attached hydrogens (tertiary/aromatic N) is 1. The van der Waals surface area contributed by atoms with E-state index in [9.17, 15) is 23.3 Å². The molecule has 0 aliphatic rings. The molecule has 144 valence electrons. The van der Waals surface area contributed by atoms with Crippen LogP contribution in [0.4, 0.5) is 5.69 Å². The number of nitro groups is 1. The molecular weight excluding hydrogens is 440 g/mol. The number of hydrogen-bond donors (Lipinski definition) is 1. The first-order chi connectivity index (χ1) is 12.6. The van der Waals surface area contributed by atoms with Gasteiger partial charge in [-0.1, -0.05) is 34.1 Å². The van der Waals surface area contributed by atoms with Gasteiger partial charge in [-0.25, -0.2) is 13.1 Å². The number of nitrogens with one attached hydrogen (secondary N) is 1. The highest BCUT2D eigenvalue weighted by molar-refractivity contribution is 9.10. The van der Waals surface area contributed by atoms with E-state index in [0.717, 1.165) is 10.5 Å². The number of sulfonamides is 1. The van der Waals surface area contributed by atoms with Gasteiger partial charge in [-0.2, -0.15) is 0 Å². The number of carbonyl (C=O) groups excluding carboxylic acids is 1. The second-order valence-corrected chi connectivity index (χ2v) is 8.31. The molecule has 0 radical (unpaired) electrons. The zero-order valence-corrected chi connectivity index (χ0v) is 16.9. The van der Waals surface area contributed by atoms with Crippen molar-refractivity contribution in [1.29, 1.82) is 0 Å². The van der Waals surface area contributed by atoms with Gasteiger partial charge >= 0.3 is 5.97 Å². The fourth-order valence-corrected chi connectivity index (χ4v) is 4.17. The largest absolute Gasteiger partial charge is 0.469 e.